The van der Waals surface area contributed by atoms with Crippen LogP contribution in [0.1, 0.15) is 20.3 Å². The van der Waals surface area contributed by atoms with Crippen LogP contribution < -0.4 is 3.53 Å². The molecule has 0 rings (SSSR count). The molecule has 1 atom stereocenters. The molecule has 0 radical (unpaired) electrons. The molecule has 2 N–H and O–H groups in total. The number of nitrogens with one attached hydrogen (secondary N) is 1. The largest absolute Gasteiger partial charge is 0.481 e. The molecule has 1 unspecified atom stereocenters. The van der Waals surface area contributed by atoms with Gasteiger partial charge >= 0.3 is 5.97 Å². The van der Waals surface area contributed by atoms with Gasteiger partial charge in [0.15, 0.2) is 0 Å². The molecule has 0 aliphatic rings. The highest BCUT2D eigenvalue weighted by Crippen LogP contribution is 2.15. The second kappa shape index (κ2) is 5.34. The van der Waals surface area contributed by atoms with Crippen LogP contribution in [0.25, 0.3) is 0 Å². The van der Waals surface area contributed by atoms with E-state index in [0.29, 0.717) is 0 Å². The van der Waals surface area contributed by atoms with Crippen LogP contribution in [0.3, 0.4) is 0 Å². The summed E-state index contributed by atoms with van der Waals surface area (Å²) in [5.41, 5.74) is 0. The highest BCUT2D eigenvalue weighted by molar-refractivity contribution is 14.1. The van der Waals surface area contributed by atoms with Gasteiger partial charge in [-0.25, -0.2) is 0 Å². The Morgan fingerprint density at radius 3 is 2.25 bits per heavy atom. The topological polar surface area (TPSA) is 66.4 Å². The molecule has 0 aromatic carbocycles. The molecule has 0 saturated carbocycles. The minimum atomic E-state index is -0.912. The van der Waals surface area contributed by atoms with Crippen molar-refractivity contribution in [3.8, 4) is 0 Å². The molecule has 0 aliphatic carbocycles. The lowest BCUT2D eigenvalue weighted by molar-refractivity contribution is -0.145. The zero-order chi connectivity index (χ0) is 9.72. The Morgan fingerprint density at radius 1 is 1.50 bits per heavy atom. The summed E-state index contributed by atoms with van der Waals surface area (Å²) in [7, 11) is 0. The monoisotopic (exact) mass is 285 g/mol. The fraction of sp³-hybridized carbons (Fsp3) is 0.714. The van der Waals surface area contributed by atoms with E-state index in [2.05, 4.69) is 3.53 Å². The Morgan fingerprint density at radius 2 is 2.00 bits per heavy atom. The first-order valence-corrected chi connectivity index (χ1v) is 4.69. The number of carbonyl (C=O) groups excluding carboxylic acids is 1. The molecule has 0 saturated heterocycles. The van der Waals surface area contributed by atoms with E-state index in [1.54, 1.807) is 36.7 Å². The van der Waals surface area contributed by atoms with Crippen LogP contribution in [-0.2, 0) is 9.59 Å². The third-order valence-corrected chi connectivity index (χ3v) is 2.23. The van der Waals surface area contributed by atoms with Gasteiger partial charge in [0, 0.05) is 6.42 Å². The SMILES string of the molecule is CC(C)C(CC(=O)NI)C(=O)O. The first kappa shape index (κ1) is 11.7. The number of carboxylic acid groups (broad SMARTS) is 1. The summed E-state index contributed by atoms with van der Waals surface area (Å²) in [5.74, 6) is -1.75. The zero-order valence-electron chi connectivity index (χ0n) is 7.00. The van der Waals surface area contributed by atoms with Gasteiger partial charge in [-0.2, -0.15) is 0 Å². The van der Waals surface area contributed by atoms with Crippen LogP contribution in [0.5, 0.6) is 0 Å². The Hall–Kier alpha value is -0.330. The van der Waals surface area contributed by atoms with Crippen molar-refractivity contribution in [2.45, 2.75) is 20.3 Å². The van der Waals surface area contributed by atoms with E-state index in [1.807, 2.05) is 0 Å². The molecular formula is C7H12INO3. The predicted molar refractivity (Wildman–Crippen MR) is 52.7 cm³/mol. The quantitative estimate of drug-likeness (QED) is 0.602. The van der Waals surface area contributed by atoms with Crippen LogP contribution in [0, 0.1) is 11.8 Å². The van der Waals surface area contributed by atoms with Crippen LogP contribution in [-0.4, -0.2) is 17.0 Å². The molecule has 0 spiro atoms. The molecule has 0 aromatic rings. The first-order valence-electron chi connectivity index (χ1n) is 3.61. The summed E-state index contributed by atoms with van der Waals surface area (Å²) in [6, 6.07) is 0. The van der Waals surface area contributed by atoms with Gasteiger partial charge in [-0.1, -0.05) is 13.8 Å². The maximum absolute atomic E-state index is 10.8. The van der Waals surface area contributed by atoms with Crippen molar-refractivity contribution in [1.29, 1.82) is 0 Å². The number of hydrogen-bond acceptors (Lipinski definition) is 2. The Labute approximate surface area is 85.2 Å². The van der Waals surface area contributed by atoms with Crippen molar-refractivity contribution in [2.75, 3.05) is 0 Å². The van der Waals surface area contributed by atoms with E-state index < -0.39 is 11.9 Å². The van der Waals surface area contributed by atoms with Crippen LogP contribution >= 0.6 is 22.9 Å². The van der Waals surface area contributed by atoms with Gasteiger partial charge in [0.25, 0.3) is 0 Å². The van der Waals surface area contributed by atoms with E-state index in [1.165, 1.54) is 0 Å². The average molecular weight is 285 g/mol. The van der Waals surface area contributed by atoms with Crippen LogP contribution in [0.2, 0.25) is 0 Å². The van der Waals surface area contributed by atoms with Crippen molar-refractivity contribution in [2.24, 2.45) is 11.8 Å². The number of rotatable bonds is 4. The Kier molecular flexibility index (Phi) is 5.19. The Balaban J connectivity index is 4.14. The van der Waals surface area contributed by atoms with Crippen molar-refractivity contribution in [3.05, 3.63) is 0 Å². The number of carbonyl (C=O) groups is 2. The van der Waals surface area contributed by atoms with Gasteiger partial charge in [-0.3, -0.25) is 13.1 Å². The van der Waals surface area contributed by atoms with E-state index in [9.17, 15) is 9.59 Å². The number of hydrogen-bond donors (Lipinski definition) is 2. The summed E-state index contributed by atoms with van der Waals surface area (Å²) >= 11 is 1.70. The van der Waals surface area contributed by atoms with E-state index in [4.69, 9.17) is 5.11 Å². The summed E-state index contributed by atoms with van der Waals surface area (Å²) in [6.45, 7) is 3.58. The number of amides is 1. The Bertz CT molecular complexity index is 181. The minimum absolute atomic E-state index is 0.0174. The fourth-order valence-electron chi connectivity index (χ4n) is 0.846. The van der Waals surface area contributed by atoms with E-state index in [-0.39, 0.29) is 18.2 Å². The summed E-state index contributed by atoms with van der Waals surface area (Å²) in [6.07, 6.45) is 0.0515. The van der Waals surface area contributed by atoms with Gasteiger partial charge in [-0.05, 0) is 5.92 Å². The van der Waals surface area contributed by atoms with E-state index in [0.717, 1.165) is 0 Å². The molecule has 4 nitrogen and oxygen atoms in total. The van der Waals surface area contributed by atoms with Crippen molar-refractivity contribution < 1.29 is 14.7 Å². The lowest BCUT2D eigenvalue weighted by atomic mass is 9.92. The summed E-state index contributed by atoms with van der Waals surface area (Å²) in [5, 5.41) is 8.71. The molecule has 0 aromatic heterocycles. The molecule has 5 heteroatoms. The minimum Gasteiger partial charge on any atom is -0.481 e. The van der Waals surface area contributed by atoms with Gasteiger partial charge in [-0.15, -0.1) is 0 Å². The number of aliphatic carboxylic acids is 1. The second-order valence-electron chi connectivity index (χ2n) is 2.91. The third-order valence-electron chi connectivity index (χ3n) is 1.63. The van der Waals surface area contributed by atoms with Gasteiger partial charge < -0.3 is 5.11 Å². The average Bonchev–Trinajstić information content (AvgIpc) is 1.98. The molecule has 0 bridgehead atoms. The van der Waals surface area contributed by atoms with Crippen LogP contribution in [0.15, 0.2) is 0 Å². The maximum atomic E-state index is 10.8. The van der Waals surface area contributed by atoms with Gasteiger partial charge in [0.1, 0.15) is 0 Å². The fourth-order valence-corrected chi connectivity index (χ4v) is 1.07. The first-order chi connectivity index (χ1) is 5.49. The zero-order valence-corrected chi connectivity index (χ0v) is 9.16. The maximum Gasteiger partial charge on any atom is 0.307 e. The second-order valence-corrected chi connectivity index (χ2v) is 3.45. The molecule has 0 aliphatic heterocycles. The normalized spacial score (nSPS) is 12.7. The van der Waals surface area contributed by atoms with Gasteiger partial charge in [0.2, 0.25) is 5.91 Å². The highest BCUT2D eigenvalue weighted by Gasteiger charge is 2.23. The molecule has 0 heterocycles. The number of carboxylic acids is 1. The molecule has 0 fully saturated rings. The molecule has 12 heavy (non-hydrogen) atoms. The standard InChI is InChI=1S/C7H12INO3/c1-4(2)5(7(11)12)3-6(10)9-8/h4-5H,3H2,1-2H3,(H,9,10)(H,11,12). The summed E-state index contributed by atoms with van der Waals surface area (Å²) < 4.78 is 2.37. The van der Waals surface area contributed by atoms with Crippen molar-refractivity contribution in [3.63, 3.8) is 0 Å². The van der Waals surface area contributed by atoms with Crippen LogP contribution in [0.4, 0.5) is 0 Å². The highest BCUT2D eigenvalue weighted by atomic mass is 127. The van der Waals surface area contributed by atoms with Crippen molar-refractivity contribution in [1.82, 2.24) is 3.53 Å². The lowest BCUT2D eigenvalue weighted by Crippen LogP contribution is -2.26. The molecule has 1 amide bonds. The summed E-state index contributed by atoms with van der Waals surface area (Å²) in [4.78, 5) is 21.5. The van der Waals surface area contributed by atoms with E-state index >= 15 is 0 Å². The van der Waals surface area contributed by atoms with Gasteiger partial charge in [0.05, 0.1) is 28.8 Å². The number of halogens is 1. The molecular weight excluding hydrogens is 273 g/mol. The van der Waals surface area contributed by atoms with Crippen molar-refractivity contribution >= 4 is 34.7 Å². The third kappa shape index (κ3) is 3.89. The molecule has 70 valence electrons. The predicted octanol–water partition coefficient (Wildman–Crippen LogP) is 1.20. The smallest absolute Gasteiger partial charge is 0.307 e. The lowest BCUT2D eigenvalue weighted by Gasteiger charge is -2.13.